The lowest BCUT2D eigenvalue weighted by Crippen LogP contribution is -2.48. The van der Waals surface area contributed by atoms with Crippen LogP contribution in [0.15, 0.2) is 48.8 Å². The highest BCUT2D eigenvalue weighted by Gasteiger charge is 2.32. The van der Waals surface area contributed by atoms with Gasteiger partial charge in [-0.25, -0.2) is 4.39 Å². The zero-order valence-electron chi connectivity index (χ0n) is 17.5. The van der Waals surface area contributed by atoms with Crippen molar-refractivity contribution >= 4 is 5.91 Å². The van der Waals surface area contributed by atoms with Gasteiger partial charge in [0.2, 0.25) is 5.91 Å². The minimum Gasteiger partial charge on any atom is -0.352 e. The molecular weight excluding hydrogens is 379 g/mol. The predicted octanol–water partition coefficient (Wildman–Crippen LogP) is 3.07. The van der Waals surface area contributed by atoms with E-state index in [0.29, 0.717) is 12.5 Å². The van der Waals surface area contributed by atoms with Gasteiger partial charge < -0.3 is 10.2 Å². The summed E-state index contributed by atoms with van der Waals surface area (Å²) in [6.07, 6.45) is 7.16. The van der Waals surface area contributed by atoms with Crippen LogP contribution in [0.25, 0.3) is 0 Å². The molecule has 4 rings (SSSR count). The summed E-state index contributed by atoms with van der Waals surface area (Å²) in [5.41, 5.74) is 2.15. The molecule has 0 saturated carbocycles. The number of carbonyl (C=O) groups excluding carboxylic acids is 1. The molecule has 6 heteroatoms. The first-order chi connectivity index (χ1) is 14.7. The summed E-state index contributed by atoms with van der Waals surface area (Å²) in [6.45, 7) is 6.53. The van der Waals surface area contributed by atoms with Crippen molar-refractivity contribution in [2.24, 2.45) is 11.8 Å². The molecule has 0 unspecified atom stereocenters. The first-order valence-corrected chi connectivity index (χ1v) is 11.0. The van der Waals surface area contributed by atoms with Gasteiger partial charge in [0, 0.05) is 45.1 Å². The molecule has 1 N–H and O–H groups in total. The van der Waals surface area contributed by atoms with E-state index in [0.717, 1.165) is 38.2 Å². The van der Waals surface area contributed by atoms with Gasteiger partial charge in [0.05, 0.1) is 5.92 Å². The van der Waals surface area contributed by atoms with Crippen molar-refractivity contribution in [3.63, 3.8) is 0 Å². The number of halogens is 1. The molecule has 0 radical (unpaired) electrons. The van der Waals surface area contributed by atoms with Crippen LogP contribution < -0.4 is 5.32 Å². The molecule has 2 aromatic rings. The Kier molecular flexibility index (Phi) is 7.07. The molecule has 2 aliphatic heterocycles. The molecule has 2 aliphatic rings. The van der Waals surface area contributed by atoms with E-state index in [-0.39, 0.29) is 17.6 Å². The number of carbonyl (C=O) groups is 1. The average molecular weight is 411 g/mol. The van der Waals surface area contributed by atoms with Gasteiger partial charge in [-0.1, -0.05) is 12.1 Å². The second-order valence-electron chi connectivity index (χ2n) is 8.70. The van der Waals surface area contributed by atoms with Gasteiger partial charge in [-0.15, -0.1) is 0 Å². The Labute approximate surface area is 178 Å². The Bertz CT molecular complexity index is 808. The second kappa shape index (κ2) is 10.1. The monoisotopic (exact) mass is 410 g/mol. The van der Waals surface area contributed by atoms with Gasteiger partial charge in [0.1, 0.15) is 5.82 Å². The third-order valence-electron chi connectivity index (χ3n) is 6.23. The van der Waals surface area contributed by atoms with Crippen LogP contribution in [0.3, 0.4) is 0 Å². The molecule has 0 spiro atoms. The number of nitrogens with zero attached hydrogens (tertiary/aromatic N) is 3. The third kappa shape index (κ3) is 5.86. The molecule has 2 fully saturated rings. The zero-order chi connectivity index (χ0) is 20.8. The number of amides is 1. The van der Waals surface area contributed by atoms with Crippen molar-refractivity contribution < 1.29 is 9.18 Å². The first-order valence-electron chi connectivity index (χ1n) is 11.0. The van der Waals surface area contributed by atoms with Crippen LogP contribution in [-0.4, -0.2) is 53.4 Å². The highest BCUT2D eigenvalue weighted by atomic mass is 19.1. The summed E-state index contributed by atoms with van der Waals surface area (Å²) >= 11 is 0. The van der Waals surface area contributed by atoms with Crippen LogP contribution >= 0.6 is 0 Å². The number of likely N-dealkylation sites (tertiary alicyclic amines) is 2. The minimum atomic E-state index is -0.256. The van der Waals surface area contributed by atoms with E-state index in [1.807, 2.05) is 24.5 Å². The van der Waals surface area contributed by atoms with E-state index < -0.39 is 0 Å². The van der Waals surface area contributed by atoms with Crippen molar-refractivity contribution in [1.82, 2.24) is 20.1 Å². The molecule has 0 bridgehead atoms. The fourth-order valence-corrected chi connectivity index (χ4v) is 4.77. The fourth-order valence-electron chi connectivity index (χ4n) is 4.77. The average Bonchev–Trinajstić information content (AvgIpc) is 3.27. The fraction of sp³-hybridized carbons (Fsp3) is 0.500. The van der Waals surface area contributed by atoms with Crippen molar-refractivity contribution in [3.05, 3.63) is 65.7 Å². The van der Waals surface area contributed by atoms with Gasteiger partial charge in [-0.05, 0) is 73.7 Å². The molecule has 1 amide bonds. The molecule has 1 aromatic carbocycles. The molecule has 5 nitrogen and oxygen atoms in total. The molecule has 3 heterocycles. The smallest absolute Gasteiger partial charge is 0.224 e. The lowest BCUT2D eigenvalue weighted by Gasteiger charge is -2.38. The maximum Gasteiger partial charge on any atom is 0.224 e. The highest BCUT2D eigenvalue weighted by molar-refractivity contribution is 5.79. The van der Waals surface area contributed by atoms with Crippen molar-refractivity contribution in [2.45, 2.75) is 32.4 Å². The van der Waals surface area contributed by atoms with Crippen molar-refractivity contribution in [1.29, 1.82) is 0 Å². The minimum absolute atomic E-state index is 0.0198. The Hall–Kier alpha value is -2.31. The SMILES string of the molecule is O=C(NCc1ccc(F)cc1)[C@@H]1C[C@H](CN2CCCC2)CN(Cc2ccncc2)C1. The van der Waals surface area contributed by atoms with Crippen LogP contribution in [0.5, 0.6) is 0 Å². The molecule has 30 heavy (non-hydrogen) atoms. The summed E-state index contributed by atoms with van der Waals surface area (Å²) < 4.78 is 13.1. The third-order valence-corrected chi connectivity index (χ3v) is 6.23. The van der Waals surface area contributed by atoms with Crippen molar-refractivity contribution in [3.8, 4) is 0 Å². The standard InChI is InChI=1S/C24H31FN4O/c25-23-5-3-19(4-6-23)14-27-24(30)22-13-21(16-28-11-1-2-12-28)17-29(18-22)15-20-7-9-26-10-8-20/h3-10,21-22H,1-2,11-18H2,(H,27,30)/t21-,22-/m1/s1. The quantitative estimate of drug-likeness (QED) is 0.762. The lowest BCUT2D eigenvalue weighted by atomic mass is 9.87. The Morgan fingerprint density at radius 2 is 1.73 bits per heavy atom. The topological polar surface area (TPSA) is 48.5 Å². The second-order valence-corrected chi connectivity index (χ2v) is 8.70. The number of nitrogens with one attached hydrogen (secondary N) is 1. The Morgan fingerprint density at radius 3 is 2.47 bits per heavy atom. The highest BCUT2D eigenvalue weighted by Crippen LogP contribution is 2.26. The van der Waals surface area contributed by atoms with Gasteiger partial charge in [0.25, 0.3) is 0 Å². The van der Waals surface area contributed by atoms with Crippen LogP contribution in [-0.2, 0) is 17.9 Å². The first kappa shape index (κ1) is 20.9. The van der Waals surface area contributed by atoms with Crippen molar-refractivity contribution in [2.75, 3.05) is 32.7 Å². The van der Waals surface area contributed by atoms with E-state index in [1.54, 1.807) is 12.1 Å². The number of hydrogen-bond acceptors (Lipinski definition) is 4. The van der Waals surface area contributed by atoms with E-state index in [2.05, 4.69) is 20.1 Å². The molecule has 2 atom stereocenters. The zero-order valence-corrected chi connectivity index (χ0v) is 17.5. The molecule has 2 saturated heterocycles. The predicted molar refractivity (Wildman–Crippen MR) is 115 cm³/mol. The van der Waals surface area contributed by atoms with Gasteiger partial charge >= 0.3 is 0 Å². The largest absolute Gasteiger partial charge is 0.352 e. The lowest BCUT2D eigenvalue weighted by molar-refractivity contribution is -0.127. The maximum atomic E-state index is 13.1. The number of benzene rings is 1. The van der Waals surface area contributed by atoms with Crippen LogP contribution in [0.1, 0.15) is 30.4 Å². The van der Waals surface area contributed by atoms with E-state index in [1.165, 1.54) is 43.6 Å². The van der Waals surface area contributed by atoms with Gasteiger partial charge in [0.15, 0.2) is 0 Å². The molecule has 0 aliphatic carbocycles. The number of hydrogen-bond donors (Lipinski definition) is 1. The summed E-state index contributed by atoms with van der Waals surface area (Å²) in [4.78, 5) is 22.1. The Balaban J connectivity index is 1.38. The van der Waals surface area contributed by atoms with E-state index >= 15 is 0 Å². The molecular formula is C24H31FN4O. The number of rotatable bonds is 7. The van der Waals surface area contributed by atoms with Gasteiger partial charge in [-0.3, -0.25) is 14.7 Å². The van der Waals surface area contributed by atoms with E-state index in [9.17, 15) is 9.18 Å². The van der Waals surface area contributed by atoms with Crippen LogP contribution in [0, 0.1) is 17.7 Å². The summed E-state index contributed by atoms with van der Waals surface area (Å²) in [5.74, 6) is 0.327. The summed E-state index contributed by atoms with van der Waals surface area (Å²) in [5, 5.41) is 3.08. The molecule has 160 valence electrons. The summed E-state index contributed by atoms with van der Waals surface area (Å²) in [6, 6.07) is 10.4. The normalized spacial score (nSPS) is 22.8. The summed E-state index contributed by atoms with van der Waals surface area (Å²) in [7, 11) is 0. The Morgan fingerprint density at radius 1 is 1.00 bits per heavy atom. The molecule has 1 aromatic heterocycles. The van der Waals surface area contributed by atoms with Crippen LogP contribution in [0.2, 0.25) is 0 Å². The number of aromatic nitrogens is 1. The van der Waals surface area contributed by atoms with Gasteiger partial charge in [-0.2, -0.15) is 0 Å². The number of pyridine rings is 1. The number of piperidine rings is 1. The van der Waals surface area contributed by atoms with Crippen LogP contribution in [0.4, 0.5) is 4.39 Å². The van der Waals surface area contributed by atoms with E-state index in [4.69, 9.17) is 0 Å². The maximum absolute atomic E-state index is 13.1.